The summed E-state index contributed by atoms with van der Waals surface area (Å²) >= 11 is 5.81. The molecule has 0 aromatic heterocycles. The minimum atomic E-state index is -0.477. The highest BCUT2D eigenvalue weighted by molar-refractivity contribution is 6.30. The monoisotopic (exact) mass is 505 g/mol. The molecule has 0 saturated carbocycles. The predicted octanol–water partition coefficient (Wildman–Crippen LogP) is 2.33. The summed E-state index contributed by atoms with van der Waals surface area (Å²) in [6, 6.07) is 5.31. The smallest absolute Gasteiger partial charge is 0.243 e. The molecule has 4 heterocycles. The number of piperidine rings is 2. The van der Waals surface area contributed by atoms with Crippen molar-refractivity contribution in [1.29, 1.82) is 0 Å². The Kier molecular flexibility index (Phi) is 7.09. The average Bonchev–Trinajstić information content (AvgIpc) is 3.26. The number of likely N-dealkylation sites (tertiary alicyclic amines) is 2. The Bertz CT molecular complexity index is 933. The number of amides is 2. The topological polar surface area (TPSA) is 59.1 Å². The number of nitrogens with one attached hydrogen (secondary N) is 1. The van der Waals surface area contributed by atoms with E-state index in [0.717, 1.165) is 57.4 Å². The Labute approximate surface area is 212 Å². The van der Waals surface area contributed by atoms with E-state index in [9.17, 15) is 14.0 Å². The Morgan fingerprint density at radius 2 is 1.86 bits per heavy atom. The summed E-state index contributed by atoms with van der Waals surface area (Å²) in [5, 5.41) is 3.44. The van der Waals surface area contributed by atoms with Gasteiger partial charge in [0.25, 0.3) is 0 Å². The third-order valence-electron chi connectivity index (χ3n) is 8.82. The molecular weight excluding hydrogens is 469 g/mol. The van der Waals surface area contributed by atoms with Gasteiger partial charge in [-0.3, -0.25) is 19.4 Å². The standard InChI is InChI=1S/C26H37ClFN5O2/c1-30-9-5-19(6-10-30)31(2)20-14-23-25(35)29-26(15-24(34)33(23)17-20)7-11-32(12-8-26)16-18-3-4-21(27)22(28)13-18/h3-4,13,19-20,23H,5-12,14-17H2,1-2H3,(H,29,35)/t20-,23-/m0/s1. The Balaban J connectivity index is 1.19. The van der Waals surface area contributed by atoms with Gasteiger partial charge in [0, 0.05) is 38.3 Å². The second-order valence-corrected chi connectivity index (χ2v) is 11.5. The first kappa shape index (κ1) is 24.9. The number of nitrogens with zero attached hydrogens (tertiary/aromatic N) is 4. The molecule has 1 aromatic carbocycles. The minimum Gasteiger partial charge on any atom is -0.348 e. The maximum Gasteiger partial charge on any atom is 0.243 e. The Morgan fingerprint density at radius 3 is 2.54 bits per heavy atom. The number of fused-ring (bicyclic) bond motifs is 1. The van der Waals surface area contributed by atoms with Crippen LogP contribution in [-0.4, -0.2) is 102 Å². The SMILES string of the molecule is CN1CCC(N(C)[C@H]2C[C@H]3C(=O)NC4(CCN(Cc5ccc(Cl)c(F)c5)CC4)CC(=O)N3C2)CC1. The largest absolute Gasteiger partial charge is 0.348 e. The molecule has 35 heavy (non-hydrogen) atoms. The highest BCUT2D eigenvalue weighted by Gasteiger charge is 2.49. The third-order valence-corrected chi connectivity index (χ3v) is 9.13. The molecular formula is C26H37ClFN5O2. The summed E-state index contributed by atoms with van der Waals surface area (Å²) in [6.07, 6.45) is 4.79. The van der Waals surface area contributed by atoms with Gasteiger partial charge in [-0.1, -0.05) is 17.7 Å². The third kappa shape index (κ3) is 5.22. The van der Waals surface area contributed by atoms with Crippen molar-refractivity contribution in [3.05, 3.63) is 34.6 Å². The zero-order chi connectivity index (χ0) is 24.7. The van der Waals surface area contributed by atoms with E-state index in [0.29, 0.717) is 32.0 Å². The van der Waals surface area contributed by atoms with Crippen molar-refractivity contribution in [2.75, 3.05) is 46.8 Å². The number of halogens is 2. The van der Waals surface area contributed by atoms with Crippen molar-refractivity contribution in [2.24, 2.45) is 0 Å². The lowest BCUT2D eigenvalue weighted by molar-refractivity contribution is -0.135. The van der Waals surface area contributed by atoms with Crippen LogP contribution < -0.4 is 5.32 Å². The van der Waals surface area contributed by atoms with Gasteiger partial charge in [0.1, 0.15) is 11.9 Å². The lowest BCUT2D eigenvalue weighted by Gasteiger charge is -2.41. The number of hydrogen-bond donors (Lipinski definition) is 1. The van der Waals surface area contributed by atoms with Gasteiger partial charge in [0.15, 0.2) is 0 Å². The maximum atomic E-state index is 13.8. The summed E-state index contributed by atoms with van der Waals surface area (Å²) in [7, 11) is 4.33. The first-order valence-electron chi connectivity index (χ1n) is 12.9. The molecule has 4 saturated heterocycles. The summed E-state index contributed by atoms with van der Waals surface area (Å²) in [6.45, 7) is 4.98. The highest BCUT2D eigenvalue weighted by atomic mass is 35.5. The average molecular weight is 506 g/mol. The number of likely N-dealkylation sites (N-methyl/N-ethyl adjacent to an activating group) is 1. The van der Waals surface area contributed by atoms with Crippen LogP contribution in [-0.2, 0) is 16.1 Å². The van der Waals surface area contributed by atoms with Crippen LogP contribution in [0.4, 0.5) is 4.39 Å². The number of carbonyl (C=O) groups is 2. The lowest BCUT2D eigenvalue weighted by Crippen LogP contribution is -2.56. The fourth-order valence-corrected chi connectivity index (χ4v) is 6.57. The molecule has 9 heteroatoms. The molecule has 2 amide bonds. The van der Waals surface area contributed by atoms with Gasteiger partial charge in [-0.2, -0.15) is 0 Å². The quantitative estimate of drug-likeness (QED) is 0.680. The van der Waals surface area contributed by atoms with Gasteiger partial charge < -0.3 is 15.1 Å². The van der Waals surface area contributed by atoms with Crippen LogP contribution in [0.3, 0.4) is 0 Å². The fourth-order valence-electron chi connectivity index (χ4n) is 6.45. The maximum absolute atomic E-state index is 13.8. The molecule has 192 valence electrons. The Hall–Kier alpha value is -1.74. The lowest BCUT2D eigenvalue weighted by atomic mass is 9.84. The van der Waals surface area contributed by atoms with Crippen LogP contribution in [0.5, 0.6) is 0 Å². The van der Waals surface area contributed by atoms with E-state index in [2.05, 4.69) is 34.1 Å². The van der Waals surface area contributed by atoms with E-state index >= 15 is 0 Å². The van der Waals surface area contributed by atoms with Crippen molar-refractivity contribution in [3.8, 4) is 0 Å². The second kappa shape index (κ2) is 9.96. The van der Waals surface area contributed by atoms with E-state index in [1.807, 2.05) is 11.0 Å². The first-order chi connectivity index (χ1) is 16.7. The van der Waals surface area contributed by atoms with Crippen molar-refractivity contribution in [3.63, 3.8) is 0 Å². The summed E-state index contributed by atoms with van der Waals surface area (Å²) in [5.74, 6) is -0.302. The second-order valence-electron chi connectivity index (χ2n) is 11.1. The predicted molar refractivity (Wildman–Crippen MR) is 134 cm³/mol. The van der Waals surface area contributed by atoms with Crippen LogP contribution in [0.2, 0.25) is 5.02 Å². The van der Waals surface area contributed by atoms with Gasteiger partial charge >= 0.3 is 0 Å². The molecule has 7 nitrogen and oxygen atoms in total. The summed E-state index contributed by atoms with van der Waals surface area (Å²) in [4.78, 5) is 35.6. The van der Waals surface area contributed by atoms with Crippen LogP contribution in [0.15, 0.2) is 18.2 Å². The summed E-state index contributed by atoms with van der Waals surface area (Å²) in [5.41, 5.74) is 0.402. The van der Waals surface area contributed by atoms with E-state index in [-0.39, 0.29) is 28.9 Å². The minimum absolute atomic E-state index is 0.00310. The highest BCUT2D eigenvalue weighted by Crippen LogP contribution is 2.34. The van der Waals surface area contributed by atoms with Crippen molar-refractivity contribution >= 4 is 23.4 Å². The molecule has 0 aliphatic carbocycles. The van der Waals surface area contributed by atoms with E-state index in [4.69, 9.17) is 11.6 Å². The summed E-state index contributed by atoms with van der Waals surface area (Å²) < 4.78 is 13.8. The van der Waals surface area contributed by atoms with Crippen molar-refractivity contribution in [1.82, 2.24) is 24.9 Å². The van der Waals surface area contributed by atoms with Crippen molar-refractivity contribution in [2.45, 2.75) is 68.7 Å². The molecule has 4 aliphatic rings. The molecule has 0 unspecified atom stereocenters. The van der Waals surface area contributed by atoms with Gasteiger partial charge in [0.2, 0.25) is 11.8 Å². The van der Waals surface area contributed by atoms with E-state index in [1.54, 1.807) is 6.07 Å². The van der Waals surface area contributed by atoms with Crippen LogP contribution in [0.25, 0.3) is 0 Å². The zero-order valence-electron chi connectivity index (χ0n) is 20.8. The van der Waals surface area contributed by atoms with Crippen LogP contribution >= 0.6 is 11.6 Å². The molecule has 4 aliphatic heterocycles. The van der Waals surface area contributed by atoms with E-state index in [1.165, 1.54) is 6.07 Å². The molecule has 2 atom stereocenters. The molecule has 0 radical (unpaired) electrons. The number of rotatable bonds is 4. The fraction of sp³-hybridized carbons (Fsp3) is 0.692. The molecule has 5 rings (SSSR count). The normalized spacial score (nSPS) is 28.4. The van der Waals surface area contributed by atoms with Gasteiger partial charge in [-0.25, -0.2) is 4.39 Å². The first-order valence-corrected chi connectivity index (χ1v) is 13.3. The van der Waals surface area contributed by atoms with Gasteiger partial charge in [-0.15, -0.1) is 0 Å². The van der Waals surface area contributed by atoms with Gasteiger partial charge in [-0.05, 0) is 77.0 Å². The van der Waals surface area contributed by atoms with Crippen LogP contribution in [0.1, 0.15) is 44.1 Å². The number of benzene rings is 1. The van der Waals surface area contributed by atoms with Crippen LogP contribution in [0, 0.1) is 5.82 Å². The molecule has 1 aromatic rings. The Morgan fingerprint density at radius 1 is 1.14 bits per heavy atom. The van der Waals surface area contributed by atoms with Gasteiger partial charge in [0.05, 0.1) is 17.0 Å². The number of carbonyl (C=O) groups excluding carboxylic acids is 2. The molecule has 1 N–H and O–H groups in total. The number of hydrogen-bond acceptors (Lipinski definition) is 5. The van der Waals surface area contributed by atoms with Crippen molar-refractivity contribution < 1.29 is 14.0 Å². The van der Waals surface area contributed by atoms with E-state index < -0.39 is 11.4 Å². The molecule has 1 spiro atoms. The molecule has 4 fully saturated rings. The molecule has 0 bridgehead atoms. The zero-order valence-corrected chi connectivity index (χ0v) is 21.6.